The van der Waals surface area contributed by atoms with Gasteiger partial charge in [-0.2, -0.15) is 0 Å². The Hall–Kier alpha value is -0.120. The molecule has 14 heavy (non-hydrogen) atoms. The van der Waals surface area contributed by atoms with Crippen molar-refractivity contribution in [3.05, 3.63) is 0 Å². The maximum absolute atomic E-state index is 5.28. The van der Waals surface area contributed by atoms with Gasteiger partial charge in [-0.25, -0.2) is 0 Å². The van der Waals surface area contributed by atoms with Gasteiger partial charge in [0, 0.05) is 13.2 Å². The van der Waals surface area contributed by atoms with Gasteiger partial charge in [-0.1, -0.05) is 0 Å². The minimum absolute atomic E-state index is 0.842. The molecule has 0 aromatic rings. The van der Waals surface area contributed by atoms with E-state index in [1.165, 1.54) is 32.5 Å². The fourth-order valence-electron chi connectivity index (χ4n) is 1.84. The number of rotatable bonds is 7. The number of nitrogens with one attached hydrogen (secondary N) is 2. The van der Waals surface area contributed by atoms with Gasteiger partial charge in [-0.15, -0.1) is 0 Å². The van der Waals surface area contributed by atoms with Crippen molar-refractivity contribution in [3.63, 3.8) is 0 Å². The molecule has 2 N–H and O–H groups in total. The van der Waals surface area contributed by atoms with Crippen molar-refractivity contribution in [3.8, 4) is 0 Å². The molecule has 0 aromatic heterocycles. The minimum atomic E-state index is 0.842. The molecule has 3 heteroatoms. The van der Waals surface area contributed by atoms with E-state index in [4.69, 9.17) is 4.74 Å². The molecule has 1 aliphatic rings. The standard InChI is InChI=1S/C11H24N2O/c1-2-14-9-3-6-13-10-11-4-7-12-8-5-11/h11-13H,2-10H2,1H3. The molecule has 1 heterocycles. The predicted octanol–water partition coefficient (Wildman–Crippen LogP) is 1.00. The highest BCUT2D eigenvalue weighted by atomic mass is 16.5. The lowest BCUT2D eigenvalue weighted by Crippen LogP contribution is -2.34. The van der Waals surface area contributed by atoms with Gasteiger partial charge < -0.3 is 15.4 Å². The Morgan fingerprint density at radius 3 is 2.86 bits per heavy atom. The third kappa shape index (κ3) is 5.58. The molecule has 0 radical (unpaired) electrons. The summed E-state index contributed by atoms with van der Waals surface area (Å²) in [5.74, 6) is 0.892. The molecule has 0 spiro atoms. The number of piperidine rings is 1. The van der Waals surface area contributed by atoms with Crippen LogP contribution in [0.2, 0.25) is 0 Å². The molecule has 0 amide bonds. The largest absolute Gasteiger partial charge is 0.382 e. The van der Waals surface area contributed by atoms with E-state index in [1.807, 2.05) is 6.92 Å². The zero-order chi connectivity index (χ0) is 10.1. The van der Waals surface area contributed by atoms with Gasteiger partial charge in [0.25, 0.3) is 0 Å². The van der Waals surface area contributed by atoms with Crippen LogP contribution in [-0.4, -0.2) is 39.4 Å². The van der Waals surface area contributed by atoms with Gasteiger partial charge in [0.15, 0.2) is 0 Å². The van der Waals surface area contributed by atoms with Gasteiger partial charge in [0.1, 0.15) is 0 Å². The van der Waals surface area contributed by atoms with Crippen LogP contribution in [0.5, 0.6) is 0 Å². The van der Waals surface area contributed by atoms with Gasteiger partial charge in [-0.3, -0.25) is 0 Å². The van der Waals surface area contributed by atoms with E-state index in [2.05, 4.69) is 10.6 Å². The van der Waals surface area contributed by atoms with Crippen LogP contribution >= 0.6 is 0 Å². The molecule has 0 bridgehead atoms. The first-order valence-corrected chi connectivity index (χ1v) is 5.92. The van der Waals surface area contributed by atoms with Crippen LogP contribution in [0.1, 0.15) is 26.2 Å². The molecule has 1 saturated heterocycles. The van der Waals surface area contributed by atoms with Gasteiger partial charge >= 0.3 is 0 Å². The highest BCUT2D eigenvalue weighted by molar-refractivity contribution is 4.70. The number of hydrogen-bond donors (Lipinski definition) is 2. The molecule has 0 unspecified atom stereocenters. The van der Waals surface area contributed by atoms with Crippen molar-refractivity contribution in [1.82, 2.24) is 10.6 Å². The van der Waals surface area contributed by atoms with Crippen molar-refractivity contribution in [2.24, 2.45) is 5.92 Å². The second-order valence-corrected chi connectivity index (χ2v) is 3.95. The van der Waals surface area contributed by atoms with E-state index in [0.717, 1.165) is 32.1 Å². The van der Waals surface area contributed by atoms with Crippen LogP contribution < -0.4 is 10.6 Å². The van der Waals surface area contributed by atoms with Crippen LogP contribution in [0.25, 0.3) is 0 Å². The van der Waals surface area contributed by atoms with Crippen molar-refractivity contribution in [2.75, 3.05) is 39.4 Å². The van der Waals surface area contributed by atoms with Crippen molar-refractivity contribution >= 4 is 0 Å². The summed E-state index contributed by atoms with van der Waals surface area (Å²) in [5.41, 5.74) is 0. The van der Waals surface area contributed by atoms with Crippen LogP contribution in [0.3, 0.4) is 0 Å². The molecular weight excluding hydrogens is 176 g/mol. The smallest absolute Gasteiger partial charge is 0.0477 e. The molecule has 3 nitrogen and oxygen atoms in total. The molecule has 0 aromatic carbocycles. The molecule has 1 aliphatic heterocycles. The lowest BCUT2D eigenvalue weighted by molar-refractivity contribution is 0.144. The fraction of sp³-hybridized carbons (Fsp3) is 1.00. The summed E-state index contributed by atoms with van der Waals surface area (Å²) < 4.78 is 5.28. The summed E-state index contributed by atoms with van der Waals surface area (Å²) in [6.07, 6.45) is 3.80. The summed E-state index contributed by atoms with van der Waals surface area (Å²) in [4.78, 5) is 0. The summed E-state index contributed by atoms with van der Waals surface area (Å²) in [7, 11) is 0. The summed E-state index contributed by atoms with van der Waals surface area (Å²) in [5, 5.41) is 6.89. The topological polar surface area (TPSA) is 33.3 Å². The molecule has 1 fully saturated rings. The quantitative estimate of drug-likeness (QED) is 0.602. The molecular formula is C11H24N2O. The Bertz CT molecular complexity index is 124. The number of hydrogen-bond acceptors (Lipinski definition) is 3. The monoisotopic (exact) mass is 200 g/mol. The van der Waals surface area contributed by atoms with Gasteiger partial charge in [0.05, 0.1) is 0 Å². The molecule has 84 valence electrons. The van der Waals surface area contributed by atoms with E-state index in [1.54, 1.807) is 0 Å². The van der Waals surface area contributed by atoms with E-state index in [9.17, 15) is 0 Å². The third-order valence-corrected chi connectivity index (χ3v) is 2.74. The van der Waals surface area contributed by atoms with Gasteiger partial charge in [0.2, 0.25) is 0 Å². The first-order chi connectivity index (χ1) is 6.93. The van der Waals surface area contributed by atoms with E-state index in [0.29, 0.717) is 0 Å². The molecule has 1 rings (SSSR count). The maximum atomic E-state index is 5.28. The van der Waals surface area contributed by atoms with Crippen molar-refractivity contribution < 1.29 is 4.74 Å². The first-order valence-electron chi connectivity index (χ1n) is 5.92. The third-order valence-electron chi connectivity index (χ3n) is 2.74. The lowest BCUT2D eigenvalue weighted by atomic mass is 9.98. The highest BCUT2D eigenvalue weighted by Crippen LogP contribution is 2.09. The lowest BCUT2D eigenvalue weighted by Gasteiger charge is -2.22. The zero-order valence-corrected chi connectivity index (χ0v) is 9.35. The second-order valence-electron chi connectivity index (χ2n) is 3.95. The minimum Gasteiger partial charge on any atom is -0.382 e. The summed E-state index contributed by atoms with van der Waals surface area (Å²) in [6, 6.07) is 0. The van der Waals surface area contributed by atoms with Crippen LogP contribution in [0.15, 0.2) is 0 Å². The zero-order valence-electron chi connectivity index (χ0n) is 9.35. The van der Waals surface area contributed by atoms with Gasteiger partial charge in [-0.05, 0) is 58.3 Å². The average molecular weight is 200 g/mol. The Morgan fingerprint density at radius 2 is 2.14 bits per heavy atom. The molecule has 0 aliphatic carbocycles. The molecule has 0 atom stereocenters. The average Bonchev–Trinajstić information content (AvgIpc) is 2.25. The van der Waals surface area contributed by atoms with E-state index >= 15 is 0 Å². The normalized spacial score (nSPS) is 18.6. The summed E-state index contributed by atoms with van der Waals surface area (Å²) >= 11 is 0. The Kier molecular flexibility index (Phi) is 7.01. The Balaban J connectivity index is 1.82. The maximum Gasteiger partial charge on any atom is 0.0477 e. The highest BCUT2D eigenvalue weighted by Gasteiger charge is 2.11. The summed E-state index contributed by atoms with van der Waals surface area (Å²) in [6.45, 7) is 8.47. The number of ether oxygens (including phenoxy) is 1. The predicted molar refractivity (Wildman–Crippen MR) is 59.6 cm³/mol. The SMILES string of the molecule is CCOCCCNCC1CCNCC1. The Labute approximate surface area is 87.6 Å². The Morgan fingerprint density at radius 1 is 1.36 bits per heavy atom. The van der Waals surface area contributed by atoms with Crippen LogP contribution in [0.4, 0.5) is 0 Å². The van der Waals surface area contributed by atoms with Crippen LogP contribution in [-0.2, 0) is 4.74 Å². The first kappa shape index (κ1) is 12.0. The van der Waals surface area contributed by atoms with E-state index in [-0.39, 0.29) is 0 Å². The van der Waals surface area contributed by atoms with Crippen molar-refractivity contribution in [2.45, 2.75) is 26.2 Å². The molecule has 0 saturated carbocycles. The van der Waals surface area contributed by atoms with Crippen molar-refractivity contribution in [1.29, 1.82) is 0 Å². The van der Waals surface area contributed by atoms with Crippen LogP contribution in [0, 0.1) is 5.92 Å². The van der Waals surface area contributed by atoms with E-state index < -0.39 is 0 Å². The fourth-order valence-corrected chi connectivity index (χ4v) is 1.84. The second kappa shape index (κ2) is 8.21.